The number of benzene rings is 1. The minimum absolute atomic E-state index is 0.190. The normalized spacial score (nSPS) is 10.3. The van der Waals surface area contributed by atoms with Gasteiger partial charge < -0.3 is 0 Å². The zero-order chi connectivity index (χ0) is 17.1. The molecule has 3 heteroatoms. The van der Waals surface area contributed by atoms with Crippen LogP contribution in [0.25, 0.3) is 0 Å². The minimum Gasteiger partial charge on any atom is -0.287 e. The van der Waals surface area contributed by atoms with Crippen molar-refractivity contribution >= 4 is 5.97 Å². The van der Waals surface area contributed by atoms with Gasteiger partial charge in [-0.2, -0.15) is 0 Å². The van der Waals surface area contributed by atoms with Crippen LogP contribution in [0.5, 0.6) is 5.75 Å². The van der Waals surface area contributed by atoms with Crippen LogP contribution in [-0.4, -0.2) is 5.97 Å². The Morgan fingerprint density at radius 1 is 0.857 bits per heavy atom. The summed E-state index contributed by atoms with van der Waals surface area (Å²) >= 11 is 0. The number of para-hydroxylation sites is 1. The maximum atomic E-state index is 11.9. The van der Waals surface area contributed by atoms with Crippen molar-refractivity contribution in [2.45, 2.75) is 62.3 Å². The minimum atomic E-state index is -0.609. The predicted molar refractivity (Wildman–Crippen MR) is 89.1 cm³/mol. The van der Waals surface area contributed by atoms with Gasteiger partial charge >= 0.3 is 5.97 Å². The largest absolute Gasteiger partial charge is 0.361 e. The second kappa shape index (κ2) is 10.3. The maximum Gasteiger partial charge on any atom is 0.361 e. The van der Waals surface area contributed by atoms with Gasteiger partial charge in [-0.15, -0.1) is 0 Å². The van der Waals surface area contributed by atoms with Gasteiger partial charge in [0.05, 0.1) is 5.41 Å². The van der Waals surface area contributed by atoms with Crippen LogP contribution in [0.4, 0.5) is 0 Å². The lowest BCUT2D eigenvalue weighted by Gasteiger charge is -2.35. The highest BCUT2D eigenvalue weighted by atomic mass is 17.2. The van der Waals surface area contributed by atoms with Crippen molar-refractivity contribution < 1.29 is 14.6 Å². The molecule has 122 valence electrons. The lowest BCUT2D eigenvalue weighted by molar-refractivity contribution is -0.229. The summed E-state index contributed by atoms with van der Waals surface area (Å²) in [5.74, 6) is 0.152. The number of rotatable bonds is 3. The molecule has 0 aromatic heterocycles. The standard InChI is InChI=1S/C14H20O3.2C2H6/c1-13(2,3)14(4,5)12(15)17-16-11-9-7-6-8-10-11;2*1-2/h6-10H,1-5H3;2*1-2H3. The smallest absolute Gasteiger partial charge is 0.287 e. The van der Waals surface area contributed by atoms with Crippen LogP contribution in [0.1, 0.15) is 62.3 Å². The highest BCUT2D eigenvalue weighted by Gasteiger charge is 2.42. The SMILES string of the molecule is CC.CC.CC(C)(C)C(C)(C)C(=O)OOc1ccccc1. The van der Waals surface area contributed by atoms with Gasteiger partial charge in [0.1, 0.15) is 0 Å². The fourth-order valence-electron chi connectivity index (χ4n) is 0.972. The molecule has 0 radical (unpaired) electrons. The molecular formula is C18H32O3. The highest BCUT2D eigenvalue weighted by molar-refractivity contribution is 5.76. The van der Waals surface area contributed by atoms with Crippen LogP contribution in [0, 0.1) is 10.8 Å². The molecular weight excluding hydrogens is 264 g/mol. The van der Waals surface area contributed by atoms with Gasteiger partial charge in [0.25, 0.3) is 0 Å². The molecule has 0 atom stereocenters. The molecule has 0 heterocycles. The van der Waals surface area contributed by atoms with Crippen molar-refractivity contribution in [1.82, 2.24) is 0 Å². The van der Waals surface area contributed by atoms with E-state index < -0.39 is 5.41 Å². The molecule has 1 rings (SSSR count). The van der Waals surface area contributed by atoms with E-state index in [4.69, 9.17) is 9.78 Å². The molecule has 0 aliphatic heterocycles. The highest BCUT2D eigenvalue weighted by Crippen LogP contribution is 2.38. The first-order chi connectivity index (χ1) is 9.75. The van der Waals surface area contributed by atoms with Gasteiger partial charge in [-0.1, -0.05) is 66.7 Å². The van der Waals surface area contributed by atoms with Crippen LogP contribution in [0.15, 0.2) is 30.3 Å². The average molecular weight is 296 g/mol. The first kappa shape index (κ1) is 21.8. The van der Waals surface area contributed by atoms with E-state index in [1.54, 1.807) is 12.1 Å². The molecule has 0 aliphatic carbocycles. The van der Waals surface area contributed by atoms with Gasteiger partial charge in [0, 0.05) is 0 Å². The summed E-state index contributed by atoms with van der Waals surface area (Å²) < 4.78 is 0. The molecule has 0 fully saturated rings. The molecule has 0 bridgehead atoms. The molecule has 3 nitrogen and oxygen atoms in total. The fraction of sp³-hybridized carbons (Fsp3) is 0.611. The summed E-state index contributed by atoms with van der Waals surface area (Å²) in [6, 6.07) is 8.97. The van der Waals surface area contributed by atoms with E-state index >= 15 is 0 Å². The molecule has 0 spiro atoms. The Bertz CT molecular complexity index is 375. The fourth-order valence-corrected chi connectivity index (χ4v) is 0.972. The van der Waals surface area contributed by atoms with E-state index in [1.807, 2.05) is 80.5 Å². The molecule has 0 unspecified atom stereocenters. The van der Waals surface area contributed by atoms with Crippen LogP contribution in [0.3, 0.4) is 0 Å². The van der Waals surface area contributed by atoms with Gasteiger partial charge in [-0.25, -0.2) is 9.68 Å². The van der Waals surface area contributed by atoms with E-state index in [0.29, 0.717) is 5.75 Å². The number of hydrogen-bond acceptors (Lipinski definition) is 3. The van der Waals surface area contributed by atoms with Crippen molar-refractivity contribution in [3.8, 4) is 5.75 Å². The number of carbonyl (C=O) groups excluding carboxylic acids is 1. The quantitative estimate of drug-likeness (QED) is 0.534. The summed E-state index contributed by atoms with van der Waals surface area (Å²) in [5, 5.41) is 0. The van der Waals surface area contributed by atoms with Crippen LogP contribution >= 0.6 is 0 Å². The van der Waals surface area contributed by atoms with Crippen molar-refractivity contribution in [3.63, 3.8) is 0 Å². The Hall–Kier alpha value is -1.51. The van der Waals surface area contributed by atoms with E-state index in [-0.39, 0.29) is 11.4 Å². The third-order valence-corrected chi connectivity index (χ3v) is 3.34. The number of carbonyl (C=O) groups is 1. The Morgan fingerprint density at radius 2 is 1.29 bits per heavy atom. The lowest BCUT2D eigenvalue weighted by Crippen LogP contribution is -2.39. The molecule has 0 amide bonds. The zero-order valence-electron chi connectivity index (χ0n) is 15.1. The molecule has 1 aromatic rings. The second-order valence-electron chi connectivity index (χ2n) is 5.64. The average Bonchev–Trinajstić information content (AvgIpc) is 2.48. The van der Waals surface area contributed by atoms with Crippen LogP contribution < -0.4 is 4.89 Å². The maximum absolute atomic E-state index is 11.9. The Kier molecular flexibility index (Phi) is 10.6. The zero-order valence-corrected chi connectivity index (χ0v) is 15.1. The van der Waals surface area contributed by atoms with Gasteiger partial charge in [0.2, 0.25) is 0 Å². The van der Waals surface area contributed by atoms with E-state index in [0.717, 1.165) is 0 Å². The summed E-state index contributed by atoms with van der Waals surface area (Å²) in [5.41, 5.74) is -0.800. The number of hydrogen-bond donors (Lipinski definition) is 0. The first-order valence-corrected chi connectivity index (χ1v) is 7.69. The monoisotopic (exact) mass is 296 g/mol. The summed E-state index contributed by atoms with van der Waals surface area (Å²) in [7, 11) is 0. The summed E-state index contributed by atoms with van der Waals surface area (Å²) in [6.07, 6.45) is 0. The lowest BCUT2D eigenvalue weighted by atomic mass is 9.69. The predicted octanol–water partition coefficient (Wildman–Crippen LogP) is 5.65. The third-order valence-electron chi connectivity index (χ3n) is 3.34. The van der Waals surface area contributed by atoms with Crippen molar-refractivity contribution in [2.75, 3.05) is 0 Å². The summed E-state index contributed by atoms with van der Waals surface area (Å²) in [6.45, 7) is 17.7. The molecule has 1 aromatic carbocycles. The molecule has 21 heavy (non-hydrogen) atoms. The molecule has 0 N–H and O–H groups in total. The van der Waals surface area contributed by atoms with Crippen molar-refractivity contribution in [3.05, 3.63) is 30.3 Å². The van der Waals surface area contributed by atoms with Crippen LogP contribution in [0.2, 0.25) is 0 Å². The Labute approximate surface area is 130 Å². The van der Waals surface area contributed by atoms with E-state index in [1.165, 1.54) is 0 Å². The third kappa shape index (κ3) is 7.16. The first-order valence-electron chi connectivity index (χ1n) is 7.69. The molecule has 0 aliphatic rings. The van der Waals surface area contributed by atoms with E-state index in [2.05, 4.69) is 0 Å². The summed E-state index contributed by atoms with van der Waals surface area (Å²) in [4.78, 5) is 21.8. The second-order valence-corrected chi connectivity index (χ2v) is 5.64. The topological polar surface area (TPSA) is 35.5 Å². The molecule has 0 saturated carbocycles. The van der Waals surface area contributed by atoms with Gasteiger partial charge in [-0.05, 0) is 31.4 Å². The molecule has 0 saturated heterocycles. The van der Waals surface area contributed by atoms with Gasteiger partial charge in [-0.3, -0.25) is 4.89 Å². The Balaban J connectivity index is 0. The van der Waals surface area contributed by atoms with Crippen molar-refractivity contribution in [2.24, 2.45) is 10.8 Å². The van der Waals surface area contributed by atoms with Crippen molar-refractivity contribution in [1.29, 1.82) is 0 Å². The van der Waals surface area contributed by atoms with Gasteiger partial charge in [0.15, 0.2) is 5.75 Å². The van der Waals surface area contributed by atoms with Crippen LogP contribution in [-0.2, 0) is 9.68 Å². The van der Waals surface area contributed by atoms with E-state index in [9.17, 15) is 4.79 Å². The Morgan fingerprint density at radius 3 is 1.67 bits per heavy atom.